The maximum absolute atomic E-state index is 13.1. The minimum atomic E-state index is -0.744. The lowest BCUT2D eigenvalue weighted by atomic mass is 10.0. The molecule has 0 radical (unpaired) electrons. The Morgan fingerprint density at radius 3 is 2.83 bits per heavy atom. The van der Waals surface area contributed by atoms with E-state index in [2.05, 4.69) is 25.5 Å². The highest BCUT2D eigenvalue weighted by atomic mass is 16.5. The number of rotatable bonds is 6. The van der Waals surface area contributed by atoms with Gasteiger partial charge >= 0.3 is 0 Å². The zero-order valence-corrected chi connectivity index (χ0v) is 19.6. The van der Waals surface area contributed by atoms with Gasteiger partial charge in [-0.3, -0.25) is 14.5 Å². The third-order valence-corrected chi connectivity index (χ3v) is 6.15. The lowest BCUT2D eigenvalue weighted by molar-refractivity contribution is -0.0261. The molecule has 0 aromatic carbocycles. The first kappa shape index (κ1) is 22.9. The predicted octanol–water partition coefficient (Wildman–Crippen LogP) is 1.84. The Hall–Kier alpha value is -3.89. The summed E-state index contributed by atoms with van der Waals surface area (Å²) in [6.45, 7) is 2.67. The van der Waals surface area contributed by atoms with Crippen molar-refractivity contribution < 1.29 is 14.6 Å². The SMILES string of the molecule is Cc1c(Cc2ccc(-c3ccn(C)n3)nc2)cc(C(=O)N[C@H]2CCOC[C@@H]2O)nc1-n1cccn1. The van der Waals surface area contributed by atoms with Crippen LogP contribution in [0.3, 0.4) is 0 Å². The first-order valence-electron chi connectivity index (χ1n) is 11.5. The first-order chi connectivity index (χ1) is 17.0. The highest BCUT2D eigenvalue weighted by Gasteiger charge is 2.26. The molecule has 2 atom stereocenters. The van der Waals surface area contributed by atoms with E-state index < -0.39 is 6.10 Å². The summed E-state index contributed by atoms with van der Waals surface area (Å²) in [5, 5.41) is 21.8. The Bertz CT molecular complexity index is 1320. The average molecular weight is 474 g/mol. The number of carbonyl (C=O) groups excluding carboxylic acids is 1. The molecule has 0 unspecified atom stereocenters. The molecule has 4 aromatic heterocycles. The summed E-state index contributed by atoms with van der Waals surface area (Å²) in [5.41, 5.74) is 4.74. The normalized spacial score (nSPS) is 17.9. The standard InChI is InChI=1S/C25H27N7O3/c1-16-18(12-17-4-5-19(26-14-17)20-6-10-31(2)30-20)13-22(28-24(16)32-9-3-8-27-32)25(34)29-21-7-11-35-15-23(21)33/h3-6,8-10,13-14,21,23,33H,7,11-12,15H2,1-2H3,(H,29,34)/t21-,23-/m0/s1. The third kappa shape index (κ3) is 4.98. The first-order valence-corrected chi connectivity index (χ1v) is 11.5. The molecule has 0 saturated carbocycles. The molecule has 2 N–H and O–H groups in total. The van der Waals surface area contributed by atoms with Gasteiger partial charge in [0.1, 0.15) is 11.4 Å². The number of hydrogen-bond donors (Lipinski definition) is 2. The van der Waals surface area contributed by atoms with Gasteiger partial charge in [0, 0.05) is 38.4 Å². The molecule has 1 amide bonds. The molecule has 1 aliphatic heterocycles. The molecular formula is C25H27N7O3. The highest BCUT2D eigenvalue weighted by molar-refractivity contribution is 5.93. The maximum Gasteiger partial charge on any atom is 0.270 e. The number of ether oxygens (including phenoxy) is 1. The van der Waals surface area contributed by atoms with Crippen LogP contribution in [-0.2, 0) is 18.2 Å². The Morgan fingerprint density at radius 2 is 2.14 bits per heavy atom. The van der Waals surface area contributed by atoms with E-state index in [1.807, 2.05) is 50.6 Å². The van der Waals surface area contributed by atoms with E-state index >= 15 is 0 Å². The van der Waals surface area contributed by atoms with Gasteiger partial charge in [0.2, 0.25) is 0 Å². The number of aromatic nitrogens is 6. The zero-order chi connectivity index (χ0) is 24.4. The van der Waals surface area contributed by atoms with Gasteiger partial charge in [-0.25, -0.2) is 9.67 Å². The molecule has 35 heavy (non-hydrogen) atoms. The maximum atomic E-state index is 13.1. The predicted molar refractivity (Wildman–Crippen MR) is 128 cm³/mol. The van der Waals surface area contributed by atoms with Crippen LogP contribution in [0.5, 0.6) is 0 Å². The minimum Gasteiger partial charge on any atom is -0.389 e. The number of amides is 1. The van der Waals surface area contributed by atoms with E-state index in [4.69, 9.17) is 4.74 Å². The second kappa shape index (κ2) is 9.77. The fourth-order valence-corrected chi connectivity index (χ4v) is 4.15. The van der Waals surface area contributed by atoms with Crippen LogP contribution < -0.4 is 5.32 Å². The van der Waals surface area contributed by atoms with Gasteiger partial charge in [-0.15, -0.1) is 0 Å². The van der Waals surface area contributed by atoms with Crippen LogP contribution in [0.4, 0.5) is 0 Å². The smallest absolute Gasteiger partial charge is 0.270 e. The van der Waals surface area contributed by atoms with Gasteiger partial charge in [-0.05, 0) is 60.7 Å². The number of aryl methyl sites for hydroxylation is 1. The Labute approximate surface area is 202 Å². The summed E-state index contributed by atoms with van der Waals surface area (Å²) in [4.78, 5) is 22.3. The fraction of sp³-hybridized carbons (Fsp3) is 0.320. The molecule has 0 aliphatic carbocycles. The number of hydrogen-bond acceptors (Lipinski definition) is 7. The fourth-order valence-electron chi connectivity index (χ4n) is 4.15. The lowest BCUT2D eigenvalue weighted by Gasteiger charge is -2.28. The number of nitrogens with one attached hydrogen (secondary N) is 1. The van der Waals surface area contributed by atoms with Crippen molar-refractivity contribution in [1.82, 2.24) is 34.8 Å². The van der Waals surface area contributed by atoms with E-state index in [1.54, 1.807) is 27.8 Å². The van der Waals surface area contributed by atoms with E-state index in [0.717, 1.165) is 28.1 Å². The van der Waals surface area contributed by atoms with Crippen LogP contribution in [0, 0.1) is 6.92 Å². The van der Waals surface area contributed by atoms with E-state index in [1.165, 1.54) is 0 Å². The minimum absolute atomic E-state index is 0.206. The molecular weight excluding hydrogens is 446 g/mol. The van der Waals surface area contributed by atoms with Crippen molar-refractivity contribution in [3.05, 3.63) is 77.5 Å². The van der Waals surface area contributed by atoms with Crippen LogP contribution in [0.15, 0.2) is 55.1 Å². The Kier molecular flexibility index (Phi) is 6.39. The topological polar surface area (TPSA) is 120 Å². The zero-order valence-electron chi connectivity index (χ0n) is 19.6. The number of aliphatic hydroxyl groups is 1. The van der Waals surface area contributed by atoms with Crippen molar-refractivity contribution in [2.45, 2.75) is 31.9 Å². The lowest BCUT2D eigenvalue weighted by Crippen LogP contribution is -2.48. The van der Waals surface area contributed by atoms with Crippen molar-refractivity contribution in [2.24, 2.45) is 7.05 Å². The van der Waals surface area contributed by atoms with Crippen LogP contribution in [0.2, 0.25) is 0 Å². The van der Waals surface area contributed by atoms with Gasteiger partial charge in [0.05, 0.1) is 24.4 Å². The van der Waals surface area contributed by atoms with Crippen molar-refractivity contribution in [3.63, 3.8) is 0 Å². The van der Waals surface area contributed by atoms with Crippen LogP contribution in [-0.4, -0.2) is 65.9 Å². The summed E-state index contributed by atoms with van der Waals surface area (Å²) >= 11 is 0. The van der Waals surface area contributed by atoms with E-state index in [9.17, 15) is 9.90 Å². The highest BCUT2D eigenvalue weighted by Crippen LogP contribution is 2.22. The van der Waals surface area contributed by atoms with Gasteiger partial charge in [0.15, 0.2) is 5.82 Å². The van der Waals surface area contributed by atoms with Crippen molar-refractivity contribution >= 4 is 5.91 Å². The number of nitrogens with zero attached hydrogens (tertiary/aromatic N) is 6. The average Bonchev–Trinajstić information content (AvgIpc) is 3.54. The van der Waals surface area contributed by atoms with Crippen molar-refractivity contribution in [2.75, 3.05) is 13.2 Å². The summed E-state index contributed by atoms with van der Waals surface area (Å²) in [5.74, 6) is 0.248. The van der Waals surface area contributed by atoms with E-state index in [-0.39, 0.29) is 24.2 Å². The molecule has 10 nitrogen and oxygen atoms in total. The molecule has 1 saturated heterocycles. The number of carbonyl (C=O) groups is 1. The second-order valence-electron chi connectivity index (χ2n) is 8.68. The summed E-state index contributed by atoms with van der Waals surface area (Å²) in [7, 11) is 1.87. The van der Waals surface area contributed by atoms with Gasteiger partial charge in [-0.2, -0.15) is 10.2 Å². The van der Waals surface area contributed by atoms with Gasteiger partial charge < -0.3 is 15.2 Å². The largest absolute Gasteiger partial charge is 0.389 e. The molecule has 0 bridgehead atoms. The van der Waals surface area contributed by atoms with Crippen molar-refractivity contribution in [3.8, 4) is 17.2 Å². The van der Waals surface area contributed by atoms with Crippen molar-refractivity contribution in [1.29, 1.82) is 0 Å². The summed E-state index contributed by atoms with van der Waals surface area (Å²) < 4.78 is 8.66. The summed E-state index contributed by atoms with van der Waals surface area (Å²) in [6, 6.07) is 9.12. The van der Waals surface area contributed by atoms with Crippen LogP contribution >= 0.6 is 0 Å². The molecule has 5 heterocycles. The van der Waals surface area contributed by atoms with Crippen LogP contribution in [0.1, 0.15) is 33.6 Å². The molecule has 4 aromatic rings. The monoisotopic (exact) mass is 473 g/mol. The van der Waals surface area contributed by atoms with Crippen LogP contribution in [0.25, 0.3) is 17.2 Å². The van der Waals surface area contributed by atoms with E-state index in [0.29, 0.717) is 25.3 Å². The molecule has 5 rings (SSSR count). The number of pyridine rings is 2. The Balaban J connectivity index is 1.44. The molecule has 0 spiro atoms. The molecule has 1 aliphatic rings. The molecule has 180 valence electrons. The number of aliphatic hydroxyl groups excluding tert-OH is 1. The quantitative estimate of drug-likeness (QED) is 0.438. The molecule has 10 heteroatoms. The third-order valence-electron chi connectivity index (χ3n) is 6.15. The Morgan fingerprint density at radius 1 is 1.26 bits per heavy atom. The van der Waals surface area contributed by atoms with Gasteiger partial charge in [-0.1, -0.05) is 6.07 Å². The van der Waals surface area contributed by atoms with Gasteiger partial charge in [0.25, 0.3) is 5.91 Å². The second-order valence-corrected chi connectivity index (χ2v) is 8.68. The molecule has 1 fully saturated rings. The summed E-state index contributed by atoms with van der Waals surface area (Å²) in [6.07, 6.45) is 7.55.